The smallest absolute Gasteiger partial charge is 0.0731 e. The van der Waals surface area contributed by atoms with Crippen molar-refractivity contribution < 1.29 is 0 Å². The van der Waals surface area contributed by atoms with Crippen molar-refractivity contribution in [2.75, 3.05) is 0 Å². The zero-order valence-corrected chi connectivity index (χ0v) is 11.0. The lowest BCUT2D eigenvalue weighted by molar-refractivity contribution is 0.422. The quantitative estimate of drug-likeness (QED) is 0.889. The molecule has 2 rings (SSSR count). The molecule has 1 saturated carbocycles. The first-order valence-electron chi connectivity index (χ1n) is 5.11. The third kappa shape index (κ3) is 2.05. The van der Waals surface area contributed by atoms with Gasteiger partial charge in [-0.05, 0) is 59.2 Å². The molecule has 0 aliphatic heterocycles. The number of nitrogens with two attached hydrogens (primary N) is 1. The number of aryl methyl sites for hydroxylation is 1. The third-order valence-electron chi connectivity index (χ3n) is 3.14. The molecule has 0 saturated heterocycles. The lowest BCUT2D eigenvalue weighted by Gasteiger charge is -2.17. The van der Waals surface area contributed by atoms with Gasteiger partial charge >= 0.3 is 0 Å². The van der Waals surface area contributed by atoms with Crippen molar-refractivity contribution in [1.29, 1.82) is 0 Å². The van der Waals surface area contributed by atoms with Gasteiger partial charge < -0.3 is 5.73 Å². The molecule has 2 unspecified atom stereocenters. The van der Waals surface area contributed by atoms with E-state index >= 15 is 0 Å². The summed E-state index contributed by atoms with van der Waals surface area (Å²) >= 11 is 5.34. The topological polar surface area (TPSA) is 26.0 Å². The summed E-state index contributed by atoms with van der Waals surface area (Å²) < 4.78 is 1.23. The highest BCUT2D eigenvalue weighted by molar-refractivity contribution is 9.11. The van der Waals surface area contributed by atoms with Crippen LogP contribution < -0.4 is 5.73 Å². The van der Waals surface area contributed by atoms with Gasteiger partial charge in [0.15, 0.2) is 0 Å². The molecule has 2 atom stereocenters. The van der Waals surface area contributed by atoms with E-state index in [1.807, 2.05) is 0 Å². The van der Waals surface area contributed by atoms with E-state index < -0.39 is 0 Å². The second kappa shape index (κ2) is 3.95. The summed E-state index contributed by atoms with van der Waals surface area (Å²) in [6, 6.07) is 2.45. The number of hydrogen-bond acceptors (Lipinski definition) is 2. The summed E-state index contributed by atoms with van der Waals surface area (Å²) in [5, 5.41) is 0. The second-order valence-corrected chi connectivity index (χ2v) is 6.73. The molecule has 14 heavy (non-hydrogen) atoms. The van der Waals surface area contributed by atoms with Crippen LogP contribution in [0.4, 0.5) is 0 Å². The first-order chi connectivity index (χ1) is 6.59. The van der Waals surface area contributed by atoms with Crippen molar-refractivity contribution in [3.8, 4) is 0 Å². The zero-order chi connectivity index (χ0) is 10.3. The van der Waals surface area contributed by atoms with Crippen LogP contribution in [0.5, 0.6) is 0 Å². The molecule has 1 aromatic heterocycles. The van der Waals surface area contributed by atoms with Crippen molar-refractivity contribution in [2.24, 2.45) is 17.6 Å². The third-order valence-corrected chi connectivity index (χ3v) is 5.37. The first-order valence-corrected chi connectivity index (χ1v) is 6.72. The molecule has 0 amide bonds. The van der Waals surface area contributed by atoms with Crippen LogP contribution in [0.25, 0.3) is 0 Å². The van der Waals surface area contributed by atoms with Gasteiger partial charge in [0.05, 0.1) is 3.79 Å². The predicted octanol–water partition coefficient (Wildman–Crippen LogP) is 3.86. The number of hydrogen-bond donors (Lipinski definition) is 1. The average molecular weight is 274 g/mol. The fourth-order valence-electron chi connectivity index (χ4n) is 1.82. The van der Waals surface area contributed by atoms with Crippen molar-refractivity contribution in [1.82, 2.24) is 0 Å². The van der Waals surface area contributed by atoms with Gasteiger partial charge in [0.1, 0.15) is 0 Å². The van der Waals surface area contributed by atoms with Gasteiger partial charge in [-0.25, -0.2) is 0 Å². The molecule has 1 fully saturated rings. The molecule has 0 spiro atoms. The van der Waals surface area contributed by atoms with Crippen LogP contribution in [0.15, 0.2) is 9.85 Å². The number of halogens is 1. The lowest BCUT2D eigenvalue weighted by Crippen LogP contribution is -2.19. The molecule has 1 nitrogen and oxygen atoms in total. The fraction of sp³-hybridized carbons (Fsp3) is 0.636. The Morgan fingerprint density at radius 1 is 1.57 bits per heavy atom. The molecule has 2 N–H and O–H groups in total. The second-order valence-electron chi connectivity index (χ2n) is 4.33. The van der Waals surface area contributed by atoms with E-state index in [0.717, 1.165) is 5.92 Å². The summed E-state index contributed by atoms with van der Waals surface area (Å²) in [6.07, 6.45) is 2.75. The van der Waals surface area contributed by atoms with Gasteiger partial charge in [-0.1, -0.05) is 6.92 Å². The van der Waals surface area contributed by atoms with Crippen LogP contribution in [0, 0.1) is 18.8 Å². The Hall–Kier alpha value is 0.140. The highest BCUT2D eigenvalue weighted by Gasteiger charge is 2.32. The molecule has 0 aromatic carbocycles. The van der Waals surface area contributed by atoms with E-state index in [0.29, 0.717) is 5.92 Å². The van der Waals surface area contributed by atoms with Gasteiger partial charge in [0.2, 0.25) is 0 Å². The molecule has 1 aliphatic carbocycles. The van der Waals surface area contributed by atoms with Crippen LogP contribution in [-0.2, 0) is 0 Å². The minimum atomic E-state index is 0.234. The largest absolute Gasteiger partial charge is 0.323 e. The van der Waals surface area contributed by atoms with Gasteiger partial charge in [0, 0.05) is 10.9 Å². The van der Waals surface area contributed by atoms with Gasteiger partial charge in [-0.3, -0.25) is 0 Å². The highest BCUT2D eigenvalue weighted by Crippen LogP contribution is 2.43. The fourth-order valence-corrected chi connectivity index (χ4v) is 3.51. The molecule has 0 bridgehead atoms. The molecule has 78 valence electrons. The Kier molecular flexibility index (Phi) is 3.01. The monoisotopic (exact) mass is 273 g/mol. The number of rotatable bonds is 3. The number of thiophene rings is 1. The van der Waals surface area contributed by atoms with Crippen molar-refractivity contribution in [3.05, 3.63) is 20.3 Å². The van der Waals surface area contributed by atoms with Crippen molar-refractivity contribution >= 4 is 27.3 Å². The molecular formula is C11H16BrNS. The van der Waals surface area contributed by atoms with Crippen LogP contribution in [-0.4, -0.2) is 0 Å². The van der Waals surface area contributed by atoms with Crippen molar-refractivity contribution in [2.45, 2.75) is 32.7 Å². The summed E-state index contributed by atoms with van der Waals surface area (Å²) in [7, 11) is 0. The molecule has 3 heteroatoms. The average Bonchev–Trinajstić information content (AvgIpc) is 2.93. The van der Waals surface area contributed by atoms with E-state index in [4.69, 9.17) is 5.73 Å². The molecule has 1 aromatic rings. The molecule has 1 heterocycles. The predicted molar refractivity (Wildman–Crippen MR) is 65.6 cm³/mol. The summed E-state index contributed by atoms with van der Waals surface area (Å²) in [5.41, 5.74) is 7.56. The Labute approximate surface area is 97.8 Å². The Bertz CT molecular complexity index is 311. The van der Waals surface area contributed by atoms with Crippen LogP contribution >= 0.6 is 27.3 Å². The Morgan fingerprint density at radius 3 is 2.64 bits per heavy atom. The molecule has 0 radical (unpaired) electrons. The standard InChI is InChI=1S/C11H16BrNS/c1-6-5-9(14-11(6)12)10(13)7(2)8-3-4-8/h5,7-8,10H,3-4,13H2,1-2H3. The minimum Gasteiger partial charge on any atom is -0.323 e. The lowest BCUT2D eigenvalue weighted by atomic mass is 9.96. The van der Waals surface area contributed by atoms with E-state index in [-0.39, 0.29) is 6.04 Å². The summed E-state index contributed by atoms with van der Waals surface area (Å²) in [6.45, 7) is 4.41. The Morgan fingerprint density at radius 2 is 2.21 bits per heavy atom. The van der Waals surface area contributed by atoms with Crippen LogP contribution in [0.2, 0.25) is 0 Å². The zero-order valence-electron chi connectivity index (χ0n) is 8.59. The molecular weight excluding hydrogens is 258 g/mol. The normalized spacial score (nSPS) is 20.9. The van der Waals surface area contributed by atoms with Gasteiger partial charge in [0.25, 0.3) is 0 Å². The van der Waals surface area contributed by atoms with Crippen LogP contribution in [0.3, 0.4) is 0 Å². The molecule has 1 aliphatic rings. The maximum Gasteiger partial charge on any atom is 0.0731 e. The van der Waals surface area contributed by atoms with Crippen molar-refractivity contribution in [3.63, 3.8) is 0 Å². The maximum atomic E-state index is 6.25. The van der Waals surface area contributed by atoms with E-state index in [9.17, 15) is 0 Å². The minimum absolute atomic E-state index is 0.234. The van der Waals surface area contributed by atoms with E-state index in [1.165, 1.54) is 27.1 Å². The van der Waals surface area contributed by atoms with E-state index in [1.54, 1.807) is 11.3 Å². The summed E-state index contributed by atoms with van der Waals surface area (Å²) in [4.78, 5) is 1.33. The Balaban J connectivity index is 2.13. The SMILES string of the molecule is Cc1cc(C(N)C(C)C2CC2)sc1Br. The first kappa shape index (κ1) is 10.7. The van der Waals surface area contributed by atoms with Crippen LogP contribution in [0.1, 0.15) is 36.2 Å². The van der Waals surface area contributed by atoms with Gasteiger partial charge in [-0.15, -0.1) is 11.3 Å². The van der Waals surface area contributed by atoms with E-state index in [2.05, 4.69) is 35.8 Å². The summed E-state index contributed by atoms with van der Waals surface area (Å²) in [5.74, 6) is 1.52. The maximum absolute atomic E-state index is 6.25. The van der Waals surface area contributed by atoms with Gasteiger partial charge in [-0.2, -0.15) is 0 Å². The highest BCUT2D eigenvalue weighted by atomic mass is 79.9.